The number of fused-ring (bicyclic) bond motifs is 1. The third kappa shape index (κ3) is 2.50. The van der Waals surface area contributed by atoms with Crippen LogP contribution in [0.4, 0.5) is 0 Å². The molecule has 1 aromatic rings. The van der Waals surface area contributed by atoms with Crippen molar-refractivity contribution in [2.24, 2.45) is 0 Å². The van der Waals surface area contributed by atoms with Crippen LogP contribution in [0, 0.1) is 0 Å². The van der Waals surface area contributed by atoms with Crippen LogP contribution in [-0.2, 0) is 12.0 Å². The molecule has 1 N–H and O–H groups in total. The fourth-order valence-corrected chi connectivity index (χ4v) is 6.14. The Hall–Kier alpha value is -0.320. The molecule has 1 heterocycles. The molecular formula is C15H20O2S2. The van der Waals surface area contributed by atoms with Crippen molar-refractivity contribution in [2.75, 3.05) is 18.1 Å². The lowest BCUT2D eigenvalue weighted by molar-refractivity contribution is 0.0562. The van der Waals surface area contributed by atoms with Crippen LogP contribution in [-0.4, -0.2) is 27.8 Å². The molecule has 0 saturated carbocycles. The van der Waals surface area contributed by atoms with E-state index in [1.165, 1.54) is 23.5 Å². The van der Waals surface area contributed by atoms with Crippen molar-refractivity contribution in [3.63, 3.8) is 0 Å². The first-order valence-electron chi connectivity index (χ1n) is 6.96. The van der Waals surface area contributed by atoms with E-state index in [2.05, 4.69) is 12.1 Å². The highest BCUT2D eigenvalue weighted by molar-refractivity contribution is 8.17. The van der Waals surface area contributed by atoms with Gasteiger partial charge in [0, 0.05) is 0 Å². The number of aryl methyl sites for hydroxylation is 1. The summed E-state index contributed by atoms with van der Waals surface area (Å²) >= 11 is 3.83. The number of hydrogen-bond donors (Lipinski definition) is 1. The van der Waals surface area contributed by atoms with Gasteiger partial charge in [-0.15, -0.1) is 23.5 Å². The SMILES string of the molecule is CCOc1ccc2c(c1)C(O)(C1SCCCS1)CC2. The molecule has 3 rings (SSSR count). The fourth-order valence-electron chi connectivity index (χ4n) is 2.90. The van der Waals surface area contributed by atoms with Crippen molar-refractivity contribution in [3.05, 3.63) is 29.3 Å². The summed E-state index contributed by atoms with van der Waals surface area (Å²) in [6, 6.07) is 6.20. The standard InChI is InChI=1S/C15H20O2S2/c1-2-17-12-5-4-11-6-7-15(16,13(11)10-12)14-18-8-3-9-19-14/h4-5,10,14,16H,2-3,6-9H2,1H3. The number of benzene rings is 1. The maximum Gasteiger partial charge on any atom is 0.119 e. The van der Waals surface area contributed by atoms with Crippen LogP contribution in [0.15, 0.2) is 18.2 Å². The molecule has 0 aromatic heterocycles. The van der Waals surface area contributed by atoms with Crippen molar-refractivity contribution in [1.82, 2.24) is 0 Å². The van der Waals surface area contributed by atoms with Gasteiger partial charge in [0.2, 0.25) is 0 Å². The van der Waals surface area contributed by atoms with Crippen LogP contribution in [0.1, 0.15) is 30.9 Å². The van der Waals surface area contributed by atoms with E-state index in [0.29, 0.717) is 6.61 Å². The maximum atomic E-state index is 11.2. The van der Waals surface area contributed by atoms with E-state index < -0.39 is 5.60 Å². The Morgan fingerprint density at radius 3 is 2.89 bits per heavy atom. The number of ether oxygens (including phenoxy) is 1. The average molecular weight is 296 g/mol. The smallest absolute Gasteiger partial charge is 0.119 e. The minimum absolute atomic E-state index is 0.277. The molecule has 19 heavy (non-hydrogen) atoms. The third-order valence-corrected chi connectivity index (χ3v) is 7.10. The van der Waals surface area contributed by atoms with Crippen LogP contribution in [0.3, 0.4) is 0 Å². The molecule has 1 fully saturated rings. The van der Waals surface area contributed by atoms with Gasteiger partial charge in [-0.2, -0.15) is 0 Å². The first-order chi connectivity index (χ1) is 9.24. The first kappa shape index (κ1) is 13.7. The van der Waals surface area contributed by atoms with E-state index in [9.17, 15) is 5.11 Å². The largest absolute Gasteiger partial charge is 0.494 e. The summed E-state index contributed by atoms with van der Waals surface area (Å²) in [5.74, 6) is 3.22. The fraction of sp³-hybridized carbons (Fsp3) is 0.600. The highest BCUT2D eigenvalue weighted by atomic mass is 32.2. The van der Waals surface area contributed by atoms with Gasteiger partial charge in [-0.1, -0.05) is 6.07 Å². The summed E-state index contributed by atoms with van der Waals surface area (Å²) in [5, 5.41) is 11.2. The van der Waals surface area contributed by atoms with Gasteiger partial charge in [0.15, 0.2) is 0 Å². The Morgan fingerprint density at radius 1 is 1.37 bits per heavy atom. The molecule has 4 heteroatoms. The lowest BCUT2D eigenvalue weighted by Crippen LogP contribution is -2.35. The van der Waals surface area contributed by atoms with Crippen molar-refractivity contribution in [3.8, 4) is 5.75 Å². The van der Waals surface area contributed by atoms with Gasteiger partial charge in [-0.05, 0) is 61.0 Å². The summed E-state index contributed by atoms with van der Waals surface area (Å²) in [6.45, 7) is 2.66. The molecule has 1 aromatic carbocycles. The number of thioether (sulfide) groups is 2. The molecule has 0 bridgehead atoms. The molecule has 0 radical (unpaired) electrons. The Kier molecular flexibility index (Phi) is 4.01. The normalized spacial score (nSPS) is 27.3. The summed E-state index contributed by atoms with van der Waals surface area (Å²) in [6.07, 6.45) is 3.09. The zero-order valence-corrected chi connectivity index (χ0v) is 12.9. The minimum Gasteiger partial charge on any atom is -0.494 e. The Labute approximate surface area is 123 Å². The molecule has 1 saturated heterocycles. The average Bonchev–Trinajstić information content (AvgIpc) is 2.79. The predicted octanol–water partition coefficient (Wildman–Crippen LogP) is 3.42. The lowest BCUT2D eigenvalue weighted by atomic mass is 9.98. The van der Waals surface area contributed by atoms with Gasteiger partial charge >= 0.3 is 0 Å². The van der Waals surface area contributed by atoms with Gasteiger partial charge in [0.1, 0.15) is 11.4 Å². The van der Waals surface area contributed by atoms with Crippen molar-refractivity contribution in [2.45, 2.75) is 36.4 Å². The molecule has 2 aliphatic rings. The topological polar surface area (TPSA) is 29.5 Å². The first-order valence-corrected chi connectivity index (χ1v) is 9.05. The monoisotopic (exact) mass is 296 g/mol. The lowest BCUT2D eigenvalue weighted by Gasteiger charge is -2.35. The Bertz CT molecular complexity index is 457. The van der Waals surface area contributed by atoms with Crippen molar-refractivity contribution < 1.29 is 9.84 Å². The highest BCUT2D eigenvalue weighted by Gasteiger charge is 2.45. The molecule has 104 valence electrons. The second-order valence-electron chi connectivity index (χ2n) is 5.10. The number of rotatable bonds is 3. The number of hydrogen-bond acceptors (Lipinski definition) is 4. The van der Waals surface area contributed by atoms with Crippen LogP contribution >= 0.6 is 23.5 Å². The third-order valence-electron chi connectivity index (χ3n) is 3.85. The predicted molar refractivity (Wildman–Crippen MR) is 83.1 cm³/mol. The second kappa shape index (κ2) is 5.58. The maximum absolute atomic E-state index is 11.2. The molecule has 0 spiro atoms. The summed E-state index contributed by atoms with van der Waals surface area (Å²) in [5.41, 5.74) is 1.72. The van der Waals surface area contributed by atoms with E-state index in [1.807, 2.05) is 36.5 Å². The Morgan fingerprint density at radius 2 is 2.16 bits per heavy atom. The van der Waals surface area contributed by atoms with E-state index in [-0.39, 0.29) is 4.58 Å². The zero-order valence-electron chi connectivity index (χ0n) is 11.2. The molecule has 1 unspecified atom stereocenters. The highest BCUT2D eigenvalue weighted by Crippen LogP contribution is 2.50. The Balaban J connectivity index is 1.92. The van der Waals surface area contributed by atoms with Gasteiger partial charge in [0.05, 0.1) is 11.2 Å². The van der Waals surface area contributed by atoms with Crippen LogP contribution in [0.2, 0.25) is 0 Å². The molecule has 1 aliphatic carbocycles. The van der Waals surface area contributed by atoms with Crippen LogP contribution in [0.5, 0.6) is 5.75 Å². The summed E-state index contributed by atoms with van der Waals surface area (Å²) in [4.78, 5) is 0. The molecule has 2 nitrogen and oxygen atoms in total. The van der Waals surface area contributed by atoms with Gasteiger partial charge < -0.3 is 9.84 Å². The van der Waals surface area contributed by atoms with Crippen molar-refractivity contribution in [1.29, 1.82) is 0 Å². The molecule has 1 aliphatic heterocycles. The number of aliphatic hydroxyl groups is 1. The zero-order chi connectivity index (χ0) is 13.3. The van der Waals surface area contributed by atoms with E-state index in [1.54, 1.807) is 0 Å². The second-order valence-corrected chi connectivity index (χ2v) is 7.83. The molecular weight excluding hydrogens is 276 g/mol. The van der Waals surface area contributed by atoms with E-state index in [4.69, 9.17) is 4.74 Å². The summed E-state index contributed by atoms with van der Waals surface area (Å²) in [7, 11) is 0. The quantitative estimate of drug-likeness (QED) is 0.925. The van der Waals surface area contributed by atoms with E-state index >= 15 is 0 Å². The van der Waals surface area contributed by atoms with Crippen LogP contribution in [0.25, 0.3) is 0 Å². The van der Waals surface area contributed by atoms with Gasteiger partial charge in [0.25, 0.3) is 0 Å². The molecule has 0 amide bonds. The van der Waals surface area contributed by atoms with E-state index in [0.717, 1.165) is 24.2 Å². The van der Waals surface area contributed by atoms with Crippen molar-refractivity contribution >= 4 is 23.5 Å². The molecule has 1 atom stereocenters. The summed E-state index contributed by atoms with van der Waals surface area (Å²) < 4.78 is 5.86. The van der Waals surface area contributed by atoms with Gasteiger partial charge in [-0.3, -0.25) is 0 Å². The van der Waals surface area contributed by atoms with Gasteiger partial charge in [-0.25, -0.2) is 0 Å². The minimum atomic E-state index is -0.668. The van der Waals surface area contributed by atoms with Crippen LogP contribution < -0.4 is 4.74 Å².